The third-order valence-corrected chi connectivity index (χ3v) is 2.43. The monoisotopic (exact) mass is 254 g/mol. The highest BCUT2D eigenvalue weighted by Crippen LogP contribution is 2.24. The maximum Gasteiger partial charge on any atom is 0.187 e. The summed E-state index contributed by atoms with van der Waals surface area (Å²) >= 11 is 0. The Morgan fingerprint density at radius 2 is 1.72 bits per heavy atom. The molecule has 0 radical (unpaired) electrons. The normalized spacial score (nSPS) is 12.7. The minimum Gasteiger partial charge on any atom is -0.494 e. The van der Waals surface area contributed by atoms with E-state index in [2.05, 4.69) is 0 Å². The number of hydrogen-bond donors (Lipinski definition) is 1. The van der Waals surface area contributed by atoms with Crippen LogP contribution in [0.2, 0.25) is 0 Å². The molecular formula is C14H22O4. The van der Waals surface area contributed by atoms with Gasteiger partial charge in [0.2, 0.25) is 0 Å². The zero-order chi connectivity index (χ0) is 13.4. The number of hydrogen-bond acceptors (Lipinski definition) is 4. The van der Waals surface area contributed by atoms with E-state index in [0.29, 0.717) is 19.8 Å². The SMILES string of the molecule is CCOc1cccc(C(O)C(OCC)OCC)c1. The van der Waals surface area contributed by atoms with Crippen molar-refractivity contribution in [1.82, 2.24) is 0 Å². The number of aliphatic hydroxyl groups is 1. The molecule has 1 atom stereocenters. The second-order valence-electron chi connectivity index (χ2n) is 3.73. The molecule has 0 bridgehead atoms. The van der Waals surface area contributed by atoms with Gasteiger partial charge in [-0.3, -0.25) is 0 Å². The molecular weight excluding hydrogens is 232 g/mol. The summed E-state index contributed by atoms with van der Waals surface area (Å²) in [5.74, 6) is 0.737. The Balaban J connectivity index is 2.79. The summed E-state index contributed by atoms with van der Waals surface area (Å²) in [6, 6.07) is 7.34. The molecule has 0 amide bonds. The molecule has 0 spiro atoms. The van der Waals surface area contributed by atoms with Crippen molar-refractivity contribution in [2.24, 2.45) is 0 Å². The number of benzene rings is 1. The molecule has 0 aromatic heterocycles. The molecule has 1 unspecified atom stereocenters. The maximum absolute atomic E-state index is 10.2. The van der Waals surface area contributed by atoms with Gasteiger partial charge in [-0.2, -0.15) is 0 Å². The predicted octanol–water partition coefficient (Wildman–Crippen LogP) is 2.52. The van der Waals surface area contributed by atoms with Gasteiger partial charge < -0.3 is 19.3 Å². The molecule has 1 aromatic rings. The van der Waals surface area contributed by atoms with Gasteiger partial charge in [0.05, 0.1) is 6.61 Å². The van der Waals surface area contributed by atoms with Gasteiger partial charge in [0, 0.05) is 13.2 Å². The summed E-state index contributed by atoms with van der Waals surface area (Å²) < 4.78 is 16.2. The van der Waals surface area contributed by atoms with Crippen molar-refractivity contribution < 1.29 is 19.3 Å². The van der Waals surface area contributed by atoms with Gasteiger partial charge in [-0.25, -0.2) is 0 Å². The fourth-order valence-electron chi connectivity index (χ4n) is 1.67. The van der Waals surface area contributed by atoms with Crippen LogP contribution >= 0.6 is 0 Å². The van der Waals surface area contributed by atoms with Gasteiger partial charge in [0.1, 0.15) is 11.9 Å². The van der Waals surface area contributed by atoms with E-state index in [9.17, 15) is 5.11 Å². The molecule has 0 fully saturated rings. The highest BCUT2D eigenvalue weighted by Gasteiger charge is 2.21. The Morgan fingerprint density at radius 1 is 1.06 bits per heavy atom. The van der Waals surface area contributed by atoms with Crippen LogP contribution in [0.5, 0.6) is 5.75 Å². The summed E-state index contributed by atoms with van der Waals surface area (Å²) in [7, 11) is 0. The molecule has 0 heterocycles. The van der Waals surface area contributed by atoms with Gasteiger partial charge in [-0.05, 0) is 38.5 Å². The summed E-state index contributed by atoms with van der Waals surface area (Å²) in [6.45, 7) is 7.25. The highest BCUT2D eigenvalue weighted by atomic mass is 16.7. The van der Waals surface area contributed by atoms with Crippen LogP contribution in [0.15, 0.2) is 24.3 Å². The summed E-state index contributed by atoms with van der Waals surface area (Å²) in [6.07, 6.45) is -1.46. The Morgan fingerprint density at radius 3 is 2.28 bits per heavy atom. The van der Waals surface area contributed by atoms with E-state index in [4.69, 9.17) is 14.2 Å². The first-order valence-corrected chi connectivity index (χ1v) is 6.36. The first-order chi connectivity index (χ1) is 8.72. The van der Waals surface area contributed by atoms with E-state index in [0.717, 1.165) is 11.3 Å². The first kappa shape index (κ1) is 15.0. The van der Waals surface area contributed by atoms with Crippen LogP contribution in [-0.2, 0) is 9.47 Å². The minimum absolute atomic E-state index is 0.493. The van der Waals surface area contributed by atoms with Crippen molar-refractivity contribution in [1.29, 1.82) is 0 Å². The first-order valence-electron chi connectivity index (χ1n) is 6.36. The third-order valence-electron chi connectivity index (χ3n) is 2.43. The van der Waals surface area contributed by atoms with Crippen molar-refractivity contribution in [2.45, 2.75) is 33.2 Å². The van der Waals surface area contributed by atoms with Gasteiger partial charge in [-0.1, -0.05) is 12.1 Å². The average Bonchev–Trinajstić information content (AvgIpc) is 2.38. The van der Waals surface area contributed by atoms with E-state index < -0.39 is 12.4 Å². The van der Waals surface area contributed by atoms with Crippen molar-refractivity contribution in [2.75, 3.05) is 19.8 Å². The zero-order valence-corrected chi connectivity index (χ0v) is 11.3. The lowest BCUT2D eigenvalue weighted by Gasteiger charge is -2.23. The van der Waals surface area contributed by atoms with Crippen molar-refractivity contribution in [3.8, 4) is 5.75 Å². The number of aliphatic hydroxyl groups excluding tert-OH is 1. The van der Waals surface area contributed by atoms with Crippen molar-refractivity contribution >= 4 is 0 Å². The van der Waals surface area contributed by atoms with Gasteiger partial charge in [0.25, 0.3) is 0 Å². The lowest BCUT2D eigenvalue weighted by molar-refractivity contribution is -0.191. The molecule has 0 aliphatic carbocycles. The largest absolute Gasteiger partial charge is 0.494 e. The summed E-state index contributed by atoms with van der Waals surface area (Å²) in [5, 5.41) is 10.2. The third kappa shape index (κ3) is 4.29. The molecule has 102 valence electrons. The Labute approximate surface area is 108 Å². The fourth-order valence-corrected chi connectivity index (χ4v) is 1.67. The van der Waals surface area contributed by atoms with Crippen LogP contribution in [0.1, 0.15) is 32.4 Å². The van der Waals surface area contributed by atoms with Gasteiger partial charge in [-0.15, -0.1) is 0 Å². The molecule has 1 rings (SSSR count). The average molecular weight is 254 g/mol. The second kappa shape index (κ2) is 8.08. The lowest BCUT2D eigenvalue weighted by atomic mass is 10.1. The Bertz CT molecular complexity index is 334. The number of ether oxygens (including phenoxy) is 3. The molecule has 4 nitrogen and oxygen atoms in total. The molecule has 18 heavy (non-hydrogen) atoms. The van der Waals surface area contributed by atoms with Gasteiger partial charge in [0.15, 0.2) is 6.29 Å². The van der Waals surface area contributed by atoms with E-state index in [-0.39, 0.29) is 0 Å². The van der Waals surface area contributed by atoms with Crippen molar-refractivity contribution in [3.05, 3.63) is 29.8 Å². The van der Waals surface area contributed by atoms with Crippen LogP contribution in [-0.4, -0.2) is 31.2 Å². The molecule has 4 heteroatoms. The summed E-state index contributed by atoms with van der Waals surface area (Å²) in [4.78, 5) is 0. The van der Waals surface area contributed by atoms with Crippen LogP contribution in [0.25, 0.3) is 0 Å². The molecule has 1 N–H and O–H groups in total. The predicted molar refractivity (Wildman–Crippen MR) is 69.6 cm³/mol. The quantitative estimate of drug-likeness (QED) is 0.724. The Hall–Kier alpha value is -1.10. The summed E-state index contributed by atoms with van der Waals surface area (Å²) in [5.41, 5.74) is 0.729. The van der Waals surface area contributed by atoms with Crippen LogP contribution in [0.3, 0.4) is 0 Å². The Kier molecular flexibility index (Phi) is 6.72. The zero-order valence-electron chi connectivity index (χ0n) is 11.3. The smallest absolute Gasteiger partial charge is 0.187 e. The van der Waals surface area contributed by atoms with Gasteiger partial charge >= 0.3 is 0 Å². The maximum atomic E-state index is 10.2. The molecule has 0 aliphatic heterocycles. The number of rotatable bonds is 8. The standard InChI is InChI=1S/C14H22O4/c1-4-16-12-9-7-8-11(10-12)13(15)14(17-5-2)18-6-3/h7-10,13-15H,4-6H2,1-3H3. The van der Waals surface area contributed by atoms with Crippen molar-refractivity contribution in [3.63, 3.8) is 0 Å². The van der Waals surface area contributed by atoms with Crippen LogP contribution in [0, 0.1) is 0 Å². The van der Waals surface area contributed by atoms with Crippen LogP contribution in [0.4, 0.5) is 0 Å². The highest BCUT2D eigenvalue weighted by molar-refractivity contribution is 5.30. The molecule has 0 aliphatic rings. The van der Waals surface area contributed by atoms with E-state index in [1.165, 1.54) is 0 Å². The minimum atomic E-state index is -0.815. The molecule has 1 aromatic carbocycles. The van der Waals surface area contributed by atoms with Crippen LogP contribution < -0.4 is 4.74 Å². The van der Waals surface area contributed by atoms with E-state index in [1.54, 1.807) is 6.07 Å². The fraction of sp³-hybridized carbons (Fsp3) is 0.571. The second-order valence-corrected chi connectivity index (χ2v) is 3.73. The van der Waals surface area contributed by atoms with E-state index >= 15 is 0 Å². The van der Waals surface area contributed by atoms with E-state index in [1.807, 2.05) is 39.0 Å². The lowest BCUT2D eigenvalue weighted by Crippen LogP contribution is -2.25. The molecule has 0 saturated heterocycles. The molecule has 0 saturated carbocycles. The topological polar surface area (TPSA) is 47.9 Å².